The molecule has 4 rings (SSSR count). The van der Waals surface area contributed by atoms with Crippen molar-refractivity contribution in [3.05, 3.63) is 30.5 Å². The number of aromatic amines is 1. The van der Waals surface area contributed by atoms with Crippen LogP contribution >= 0.6 is 0 Å². The fraction of sp³-hybridized carbons (Fsp3) is 0.444. The van der Waals surface area contributed by atoms with Gasteiger partial charge in [0.05, 0.1) is 53.0 Å². The van der Waals surface area contributed by atoms with Gasteiger partial charge in [-0.1, -0.05) is 0 Å². The minimum Gasteiger partial charge on any atom is -0.373 e. The number of ether oxygens (including phenoxy) is 1. The third-order valence-electron chi connectivity index (χ3n) is 5.11. The minimum absolute atomic E-state index is 0.0323. The fourth-order valence-corrected chi connectivity index (χ4v) is 4.31. The molecule has 2 saturated heterocycles. The van der Waals surface area contributed by atoms with E-state index in [0.29, 0.717) is 43.5 Å². The topological polar surface area (TPSA) is 111 Å². The second-order valence-electron chi connectivity index (χ2n) is 6.97. The van der Waals surface area contributed by atoms with Gasteiger partial charge in [-0.05, 0) is 12.2 Å². The van der Waals surface area contributed by atoms with Crippen LogP contribution in [0, 0.1) is 5.41 Å². The second kappa shape index (κ2) is 8.66. The molecule has 0 amide bonds. The number of aromatic nitrogens is 4. The summed E-state index contributed by atoms with van der Waals surface area (Å²) in [6.45, 7) is 2.46. The van der Waals surface area contributed by atoms with Gasteiger partial charge in [-0.25, -0.2) is 32.2 Å². The summed E-state index contributed by atoms with van der Waals surface area (Å²) >= 11 is 0. The number of imidazole rings is 1. The molecule has 2 aromatic heterocycles. The number of morpholine rings is 1. The summed E-state index contributed by atoms with van der Waals surface area (Å²) in [5, 5.41) is 7.17. The molecule has 160 valence electrons. The number of fused-ring (bicyclic) bond motifs is 1. The van der Waals surface area contributed by atoms with Gasteiger partial charge in [0.2, 0.25) is 0 Å². The Labute approximate surface area is 174 Å². The van der Waals surface area contributed by atoms with Gasteiger partial charge in [0.15, 0.2) is 0 Å². The number of nitrogens with one attached hydrogen (secondary N) is 2. The van der Waals surface area contributed by atoms with E-state index in [-0.39, 0.29) is 12.1 Å². The molecule has 2 aromatic rings. The number of halogens is 2. The van der Waals surface area contributed by atoms with Crippen LogP contribution in [0.25, 0.3) is 17.5 Å². The van der Waals surface area contributed by atoms with Crippen molar-refractivity contribution in [2.75, 3.05) is 37.4 Å². The zero-order valence-electron chi connectivity index (χ0n) is 16.2. The summed E-state index contributed by atoms with van der Waals surface area (Å²) in [4.78, 5) is 18.0. The normalized spacial score (nSPS) is 23.3. The van der Waals surface area contributed by atoms with E-state index in [1.807, 2.05) is 10.4 Å². The Morgan fingerprint density at radius 2 is 2.23 bits per heavy atom. The number of anilines is 1. The first-order valence-corrected chi connectivity index (χ1v) is 10.8. The van der Waals surface area contributed by atoms with Crippen molar-refractivity contribution in [3.8, 4) is 11.4 Å². The first-order chi connectivity index (χ1) is 14.4. The highest BCUT2D eigenvalue weighted by atomic mass is 32.2. The van der Waals surface area contributed by atoms with E-state index in [1.165, 1.54) is 12.4 Å². The minimum atomic E-state index is -2.82. The van der Waals surface area contributed by atoms with Gasteiger partial charge < -0.3 is 14.6 Å². The van der Waals surface area contributed by atoms with E-state index >= 15 is 0 Å². The van der Waals surface area contributed by atoms with Crippen molar-refractivity contribution in [2.45, 2.75) is 18.6 Å². The molecule has 3 unspecified atom stereocenters. The number of nitrogens with zero attached hydrogens (tertiary/aromatic N) is 5. The molecule has 0 spiro atoms. The molecule has 0 aromatic carbocycles. The van der Waals surface area contributed by atoms with E-state index in [9.17, 15) is 13.0 Å². The standard InChI is InChI=1S/C18H21F2N7O2S/c1-30(28)26-8-14-15(9-26)29-5-4-27(14)17-6-12(23-10-24-17)13-7-22-16(25-13)3-2-11(21)18(19)20/h2-3,6-7,10,14-15,18,21H,4-5,8-9H2,1H3,(H,22,25)/b3-2-,21-11?. The molecule has 3 atom stereocenters. The van der Waals surface area contributed by atoms with Crippen molar-refractivity contribution >= 4 is 28.6 Å². The van der Waals surface area contributed by atoms with Crippen LogP contribution in [-0.2, 0) is 15.7 Å². The zero-order chi connectivity index (χ0) is 21.3. The zero-order valence-corrected chi connectivity index (χ0v) is 17.0. The Morgan fingerprint density at radius 1 is 1.40 bits per heavy atom. The molecule has 9 nitrogen and oxygen atoms in total. The molecule has 0 radical (unpaired) electrons. The Kier molecular flexibility index (Phi) is 5.97. The van der Waals surface area contributed by atoms with Crippen LogP contribution in [0.5, 0.6) is 0 Å². The van der Waals surface area contributed by atoms with Gasteiger partial charge >= 0.3 is 0 Å². The SMILES string of the molecule is CS(=O)N1CC2OCCN(c3cc(-c4cnc(/C=C\C(=N)C(F)F)[nH]4)ncn3)C2C1. The summed E-state index contributed by atoms with van der Waals surface area (Å²) in [6, 6.07) is 1.88. The number of hydrogen-bond acceptors (Lipinski definition) is 7. The maximum atomic E-state index is 12.4. The predicted molar refractivity (Wildman–Crippen MR) is 109 cm³/mol. The smallest absolute Gasteiger partial charge is 0.279 e. The van der Waals surface area contributed by atoms with Crippen LogP contribution in [0.3, 0.4) is 0 Å². The average Bonchev–Trinajstić information content (AvgIpc) is 3.39. The number of allylic oxidation sites excluding steroid dienone is 1. The van der Waals surface area contributed by atoms with E-state index < -0.39 is 23.1 Å². The summed E-state index contributed by atoms with van der Waals surface area (Å²) in [6.07, 6.45) is 4.16. The average molecular weight is 437 g/mol. The molecule has 2 fully saturated rings. The second-order valence-corrected chi connectivity index (χ2v) is 8.34. The highest BCUT2D eigenvalue weighted by Crippen LogP contribution is 2.29. The van der Waals surface area contributed by atoms with Crippen LogP contribution in [0.4, 0.5) is 14.6 Å². The van der Waals surface area contributed by atoms with Gasteiger partial charge in [-0.15, -0.1) is 0 Å². The third kappa shape index (κ3) is 4.30. The molecule has 2 aliphatic rings. The Hall–Kier alpha value is -2.57. The highest BCUT2D eigenvalue weighted by molar-refractivity contribution is 7.81. The first-order valence-electron chi connectivity index (χ1n) is 9.31. The van der Waals surface area contributed by atoms with Crippen LogP contribution in [0.2, 0.25) is 0 Å². The quantitative estimate of drug-likeness (QED) is 0.660. The molecule has 2 N–H and O–H groups in total. The number of rotatable bonds is 6. The van der Waals surface area contributed by atoms with Gasteiger partial charge in [0.25, 0.3) is 6.43 Å². The van der Waals surface area contributed by atoms with E-state index in [0.717, 1.165) is 11.9 Å². The molecule has 4 heterocycles. The van der Waals surface area contributed by atoms with E-state index in [2.05, 4.69) is 24.8 Å². The lowest BCUT2D eigenvalue weighted by atomic mass is 10.1. The van der Waals surface area contributed by atoms with Gasteiger partial charge in [-0.3, -0.25) is 5.41 Å². The van der Waals surface area contributed by atoms with Crippen LogP contribution < -0.4 is 4.90 Å². The van der Waals surface area contributed by atoms with Crippen molar-refractivity contribution in [1.29, 1.82) is 5.41 Å². The Bertz CT molecular complexity index is 983. The summed E-state index contributed by atoms with van der Waals surface area (Å²) in [5.74, 6) is 1.08. The fourth-order valence-electron chi connectivity index (χ4n) is 3.59. The largest absolute Gasteiger partial charge is 0.373 e. The molecule has 0 aliphatic carbocycles. The number of hydrogen-bond donors (Lipinski definition) is 2. The predicted octanol–water partition coefficient (Wildman–Crippen LogP) is 1.35. The maximum Gasteiger partial charge on any atom is 0.279 e. The van der Waals surface area contributed by atoms with E-state index in [4.69, 9.17) is 10.1 Å². The molecule has 0 saturated carbocycles. The third-order valence-corrected chi connectivity index (χ3v) is 6.13. The molecular weight excluding hydrogens is 416 g/mol. The highest BCUT2D eigenvalue weighted by Gasteiger charge is 2.42. The molecular formula is C18H21F2N7O2S. The van der Waals surface area contributed by atoms with Crippen LogP contribution in [0.1, 0.15) is 5.82 Å². The van der Waals surface area contributed by atoms with Gasteiger partial charge in [0.1, 0.15) is 18.0 Å². The lowest BCUT2D eigenvalue weighted by molar-refractivity contribution is 0.0330. The van der Waals surface area contributed by atoms with Gasteiger partial charge in [0, 0.05) is 32.0 Å². The van der Waals surface area contributed by atoms with Crippen molar-refractivity contribution in [2.24, 2.45) is 0 Å². The number of alkyl halides is 2. The summed E-state index contributed by atoms with van der Waals surface area (Å²) in [7, 11) is -1.06. The van der Waals surface area contributed by atoms with Crippen molar-refractivity contribution in [3.63, 3.8) is 0 Å². The van der Waals surface area contributed by atoms with Gasteiger partial charge in [-0.2, -0.15) is 0 Å². The van der Waals surface area contributed by atoms with Crippen molar-refractivity contribution < 1.29 is 17.7 Å². The molecule has 12 heteroatoms. The van der Waals surface area contributed by atoms with Crippen LogP contribution in [0.15, 0.2) is 24.7 Å². The van der Waals surface area contributed by atoms with Crippen molar-refractivity contribution in [1.82, 2.24) is 24.2 Å². The number of H-pyrrole nitrogens is 1. The van der Waals surface area contributed by atoms with Crippen LogP contribution in [-0.4, -0.2) is 85.2 Å². The monoisotopic (exact) mass is 437 g/mol. The summed E-state index contributed by atoms with van der Waals surface area (Å²) in [5.41, 5.74) is 0.431. The maximum absolute atomic E-state index is 12.4. The first kappa shape index (κ1) is 20.7. The molecule has 2 aliphatic heterocycles. The van der Waals surface area contributed by atoms with E-state index in [1.54, 1.807) is 12.5 Å². The lowest BCUT2D eigenvalue weighted by Crippen LogP contribution is -2.51. The Morgan fingerprint density at radius 3 is 3.00 bits per heavy atom. The Balaban J connectivity index is 1.53. The lowest BCUT2D eigenvalue weighted by Gasteiger charge is -2.37. The molecule has 30 heavy (non-hydrogen) atoms. The molecule has 0 bridgehead atoms. The summed E-state index contributed by atoms with van der Waals surface area (Å²) < 4.78 is 44.5.